The van der Waals surface area contributed by atoms with Gasteiger partial charge in [0.15, 0.2) is 15.6 Å². The Hall–Kier alpha value is -1.90. The second kappa shape index (κ2) is 5.81. The van der Waals surface area contributed by atoms with E-state index in [1.807, 2.05) is 18.2 Å². The average Bonchev–Trinajstić information content (AvgIpc) is 3.13. The number of aromatic nitrogens is 1. The highest BCUT2D eigenvalue weighted by Crippen LogP contribution is 2.68. The second-order valence-corrected chi connectivity index (χ2v) is 11.6. The summed E-state index contributed by atoms with van der Waals surface area (Å²) < 4.78 is 29.2. The summed E-state index contributed by atoms with van der Waals surface area (Å²) in [6, 6.07) is 8.80. The Morgan fingerprint density at radius 3 is 2.75 bits per heavy atom. The summed E-state index contributed by atoms with van der Waals surface area (Å²) in [5, 5.41) is 4.85. The van der Waals surface area contributed by atoms with Crippen LogP contribution in [-0.4, -0.2) is 31.1 Å². The molecule has 0 unspecified atom stereocenters. The smallest absolute Gasteiger partial charge is 0.287 e. The summed E-state index contributed by atoms with van der Waals surface area (Å²) in [7, 11) is -3.20. The van der Waals surface area contributed by atoms with Crippen molar-refractivity contribution < 1.29 is 17.6 Å². The first kappa shape index (κ1) is 18.1. The molecule has 3 aliphatic rings. The zero-order valence-corrected chi connectivity index (χ0v) is 17.4. The molecule has 3 aliphatic carbocycles. The number of hydrogen-bond acceptors (Lipinski definition) is 6. The number of halogens is 1. The normalized spacial score (nSPS) is 25.9. The van der Waals surface area contributed by atoms with Crippen molar-refractivity contribution in [2.24, 2.45) is 0 Å². The molecule has 3 saturated carbocycles. The largest absolute Gasteiger partial charge is 0.455 e. The number of fused-ring (bicyclic) bond motifs is 1. The second-order valence-electron chi connectivity index (χ2n) is 8.01. The Morgan fingerprint density at radius 1 is 1.29 bits per heavy atom. The molecule has 6 nitrogen and oxygen atoms in total. The maximum Gasteiger partial charge on any atom is 0.287 e. The van der Waals surface area contributed by atoms with Gasteiger partial charge in [0.2, 0.25) is 0 Å². The Labute approximate surface area is 170 Å². The molecule has 2 aromatic heterocycles. The van der Waals surface area contributed by atoms with Crippen LogP contribution in [0.3, 0.4) is 0 Å². The van der Waals surface area contributed by atoms with E-state index in [1.54, 1.807) is 11.3 Å². The molecule has 146 valence electrons. The maximum atomic E-state index is 12.5. The van der Waals surface area contributed by atoms with Crippen molar-refractivity contribution in [3.63, 3.8) is 0 Å². The van der Waals surface area contributed by atoms with Gasteiger partial charge in [-0.05, 0) is 49.6 Å². The highest BCUT2D eigenvalue weighted by Gasteiger charge is 2.70. The van der Waals surface area contributed by atoms with Crippen molar-refractivity contribution in [1.82, 2.24) is 10.3 Å². The van der Waals surface area contributed by atoms with Gasteiger partial charge in [-0.1, -0.05) is 11.6 Å². The number of carbonyl (C=O) groups is 1. The quantitative estimate of drug-likeness (QED) is 0.658. The van der Waals surface area contributed by atoms with Crippen molar-refractivity contribution in [1.29, 1.82) is 0 Å². The summed E-state index contributed by atoms with van der Waals surface area (Å²) in [6.07, 6.45) is 3.70. The Balaban J connectivity index is 1.26. The molecule has 9 heteroatoms. The summed E-state index contributed by atoms with van der Waals surface area (Å²) in [5.41, 5.74) is 0.758. The van der Waals surface area contributed by atoms with E-state index in [4.69, 9.17) is 21.0 Å². The van der Waals surface area contributed by atoms with Crippen molar-refractivity contribution in [3.05, 3.63) is 51.9 Å². The molecule has 1 aromatic carbocycles. The molecule has 28 heavy (non-hydrogen) atoms. The van der Waals surface area contributed by atoms with Gasteiger partial charge in [0.1, 0.15) is 16.5 Å². The van der Waals surface area contributed by atoms with Gasteiger partial charge >= 0.3 is 0 Å². The van der Waals surface area contributed by atoms with Crippen molar-refractivity contribution in [2.45, 2.75) is 36.0 Å². The molecule has 2 heterocycles. The third-order valence-corrected chi connectivity index (χ3v) is 7.83. The zero-order valence-electron chi connectivity index (χ0n) is 15.0. The zero-order chi connectivity index (χ0) is 19.7. The van der Waals surface area contributed by atoms with Crippen LogP contribution in [0.5, 0.6) is 0 Å². The minimum Gasteiger partial charge on any atom is -0.455 e. The van der Waals surface area contributed by atoms with Crippen molar-refractivity contribution in [3.8, 4) is 0 Å². The molecule has 6 rings (SSSR count). The molecule has 0 radical (unpaired) electrons. The first-order valence-corrected chi connectivity index (χ1v) is 12.1. The Kier molecular flexibility index (Phi) is 3.76. The van der Waals surface area contributed by atoms with Crippen LogP contribution in [0.25, 0.3) is 10.2 Å². The van der Waals surface area contributed by atoms with Gasteiger partial charge in [-0.2, -0.15) is 0 Å². The molecule has 3 fully saturated rings. The van der Waals surface area contributed by atoms with Crippen LogP contribution in [-0.2, 0) is 21.0 Å². The average molecular weight is 437 g/mol. The van der Waals surface area contributed by atoms with E-state index in [0.717, 1.165) is 40.7 Å². The molecule has 0 atom stereocenters. The predicted octanol–water partition coefficient (Wildman–Crippen LogP) is 3.69. The lowest BCUT2D eigenvalue weighted by atomic mass is 9.39. The topological polar surface area (TPSA) is 89.3 Å². The van der Waals surface area contributed by atoms with Gasteiger partial charge in [-0.25, -0.2) is 13.4 Å². The van der Waals surface area contributed by atoms with Gasteiger partial charge in [0.25, 0.3) is 5.91 Å². The number of carbonyl (C=O) groups excluding carboxylic acids is 1. The number of amides is 1. The standard InChI is InChI=1S/C19H17ClN2O4S2/c1-28(24,25)7-12-3-4-14(26-12)16(23)22-19-8-18(9-19,10-19)17-21-13-6-11(20)2-5-15(13)27-17/h2-6H,7-10H2,1H3,(H,22,23). The summed E-state index contributed by atoms with van der Waals surface area (Å²) in [4.78, 5) is 17.3. The van der Waals surface area contributed by atoms with Crippen LogP contribution < -0.4 is 5.32 Å². The van der Waals surface area contributed by atoms with Gasteiger partial charge in [-0.3, -0.25) is 4.79 Å². The molecule has 0 aliphatic heterocycles. The molecular weight excluding hydrogens is 420 g/mol. The molecule has 0 spiro atoms. The molecule has 1 N–H and O–H groups in total. The molecule has 2 bridgehead atoms. The lowest BCUT2D eigenvalue weighted by molar-refractivity contribution is -0.0811. The highest BCUT2D eigenvalue weighted by molar-refractivity contribution is 7.89. The van der Waals surface area contributed by atoms with Crippen LogP contribution in [0.4, 0.5) is 0 Å². The minimum absolute atomic E-state index is 0.0497. The summed E-state index contributed by atoms with van der Waals surface area (Å²) in [5.74, 6) is -0.0954. The lowest BCUT2D eigenvalue weighted by Crippen LogP contribution is -2.76. The predicted molar refractivity (Wildman–Crippen MR) is 108 cm³/mol. The van der Waals surface area contributed by atoms with E-state index < -0.39 is 9.84 Å². The number of benzene rings is 1. The van der Waals surface area contributed by atoms with Crippen LogP contribution >= 0.6 is 22.9 Å². The SMILES string of the molecule is CS(=O)(=O)Cc1ccc(C(=O)NC23CC(c4nc5cc(Cl)ccc5s4)(C2)C3)o1. The number of furan rings is 1. The van der Waals surface area contributed by atoms with E-state index in [0.29, 0.717) is 5.02 Å². The highest BCUT2D eigenvalue weighted by atomic mass is 35.5. The molecular formula is C19H17ClN2O4S2. The lowest BCUT2D eigenvalue weighted by Gasteiger charge is -2.69. The van der Waals surface area contributed by atoms with E-state index in [9.17, 15) is 13.2 Å². The summed E-state index contributed by atoms with van der Waals surface area (Å²) in [6.45, 7) is 0. The molecule has 0 saturated heterocycles. The first-order chi connectivity index (χ1) is 13.2. The fourth-order valence-corrected chi connectivity index (χ4v) is 6.38. The molecule has 1 amide bonds. The van der Waals surface area contributed by atoms with Crippen LogP contribution in [0.15, 0.2) is 34.7 Å². The van der Waals surface area contributed by atoms with E-state index >= 15 is 0 Å². The number of rotatable bonds is 5. The van der Waals surface area contributed by atoms with Crippen LogP contribution in [0.1, 0.15) is 40.6 Å². The Morgan fingerprint density at radius 2 is 2.04 bits per heavy atom. The minimum atomic E-state index is -3.20. The third-order valence-electron chi connectivity index (χ3n) is 5.50. The summed E-state index contributed by atoms with van der Waals surface area (Å²) >= 11 is 7.74. The van der Waals surface area contributed by atoms with E-state index in [2.05, 4.69) is 5.32 Å². The maximum absolute atomic E-state index is 12.5. The molecule has 3 aromatic rings. The number of thiazole rings is 1. The van der Waals surface area contributed by atoms with Gasteiger partial charge in [0.05, 0.1) is 10.2 Å². The number of hydrogen-bond donors (Lipinski definition) is 1. The number of nitrogens with one attached hydrogen (secondary N) is 1. The fraction of sp³-hybridized carbons (Fsp3) is 0.368. The van der Waals surface area contributed by atoms with E-state index in [-0.39, 0.29) is 34.1 Å². The monoisotopic (exact) mass is 436 g/mol. The third kappa shape index (κ3) is 2.94. The van der Waals surface area contributed by atoms with Gasteiger partial charge in [0, 0.05) is 22.2 Å². The van der Waals surface area contributed by atoms with Crippen molar-refractivity contribution >= 4 is 48.9 Å². The van der Waals surface area contributed by atoms with Crippen LogP contribution in [0, 0.1) is 0 Å². The first-order valence-electron chi connectivity index (χ1n) is 8.81. The Bertz CT molecular complexity index is 1210. The van der Waals surface area contributed by atoms with Gasteiger partial charge in [-0.15, -0.1) is 11.3 Å². The van der Waals surface area contributed by atoms with Crippen molar-refractivity contribution in [2.75, 3.05) is 6.26 Å². The van der Waals surface area contributed by atoms with Gasteiger partial charge < -0.3 is 9.73 Å². The van der Waals surface area contributed by atoms with E-state index in [1.165, 1.54) is 12.1 Å². The fourth-order valence-electron chi connectivity index (χ4n) is 4.41. The van der Waals surface area contributed by atoms with Crippen LogP contribution in [0.2, 0.25) is 5.02 Å². The number of nitrogens with zero attached hydrogens (tertiary/aromatic N) is 1. The number of sulfone groups is 1.